The number of aryl methyl sites for hydroxylation is 1. The lowest BCUT2D eigenvalue weighted by Crippen LogP contribution is -2.49. The number of anilines is 1. The molecule has 0 N–H and O–H groups in total. The van der Waals surface area contributed by atoms with Gasteiger partial charge in [0.1, 0.15) is 0 Å². The largest absolute Gasteiger partial charge is 0.368 e. The molecule has 4 nitrogen and oxygen atoms in total. The Morgan fingerprint density at radius 1 is 1.09 bits per heavy atom. The van der Waals surface area contributed by atoms with Gasteiger partial charge in [0, 0.05) is 38.1 Å². The van der Waals surface area contributed by atoms with Crippen molar-refractivity contribution in [3.8, 4) is 0 Å². The van der Waals surface area contributed by atoms with Crippen LogP contribution in [-0.2, 0) is 0 Å². The first-order valence-electron chi connectivity index (χ1n) is 7.36. The maximum absolute atomic E-state index is 13.6. The summed E-state index contributed by atoms with van der Waals surface area (Å²) in [4.78, 5) is 19.8. The summed E-state index contributed by atoms with van der Waals surface area (Å²) in [5.74, 6) is -0.984. The first kappa shape index (κ1) is 14.5. The van der Waals surface area contributed by atoms with E-state index < -0.39 is 5.95 Å². The number of piperazine rings is 1. The number of halogens is 1. The molecule has 1 aliphatic heterocycles. The van der Waals surface area contributed by atoms with Crippen LogP contribution in [0.4, 0.5) is 10.1 Å². The van der Waals surface area contributed by atoms with Gasteiger partial charge in [0.25, 0.3) is 5.91 Å². The lowest BCUT2D eigenvalue weighted by Gasteiger charge is -2.36. The highest BCUT2D eigenvalue weighted by Crippen LogP contribution is 2.18. The van der Waals surface area contributed by atoms with Crippen molar-refractivity contribution in [1.29, 1.82) is 0 Å². The van der Waals surface area contributed by atoms with Crippen molar-refractivity contribution in [3.63, 3.8) is 0 Å². The molecule has 1 fully saturated rings. The first-order chi connectivity index (χ1) is 10.6. The highest BCUT2D eigenvalue weighted by Gasteiger charge is 2.24. The van der Waals surface area contributed by atoms with Gasteiger partial charge in [-0.25, -0.2) is 4.98 Å². The van der Waals surface area contributed by atoms with E-state index >= 15 is 0 Å². The summed E-state index contributed by atoms with van der Waals surface area (Å²) in [5.41, 5.74) is 2.43. The summed E-state index contributed by atoms with van der Waals surface area (Å²) in [6, 6.07) is 11.4. The van der Waals surface area contributed by atoms with Crippen LogP contribution in [0, 0.1) is 12.9 Å². The molecule has 22 heavy (non-hydrogen) atoms. The number of carbonyl (C=O) groups is 1. The van der Waals surface area contributed by atoms with E-state index in [4.69, 9.17) is 0 Å². The van der Waals surface area contributed by atoms with Crippen LogP contribution in [0.15, 0.2) is 42.6 Å². The molecular formula is C17H18FN3O. The van der Waals surface area contributed by atoms with Gasteiger partial charge in [0.2, 0.25) is 5.95 Å². The lowest BCUT2D eigenvalue weighted by molar-refractivity contribution is 0.0741. The number of nitrogens with zero attached hydrogens (tertiary/aromatic N) is 3. The molecule has 1 aromatic heterocycles. The fraction of sp³-hybridized carbons (Fsp3) is 0.294. The number of aromatic nitrogens is 1. The second-order valence-corrected chi connectivity index (χ2v) is 5.46. The molecule has 1 amide bonds. The molecule has 5 heteroatoms. The third-order valence-corrected chi connectivity index (χ3v) is 3.96. The van der Waals surface area contributed by atoms with E-state index in [2.05, 4.69) is 41.1 Å². The molecule has 2 heterocycles. The number of hydrogen-bond acceptors (Lipinski definition) is 3. The molecule has 0 unspecified atom stereocenters. The Kier molecular flexibility index (Phi) is 4.04. The van der Waals surface area contributed by atoms with Crippen LogP contribution in [0.5, 0.6) is 0 Å². The second kappa shape index (κ2) is 6.13. The topological polar surface area (TPSA) is 36.4 Å². The van der Waals surface area contributed by atoms with Crippen molar-refractivity contribution >= 4 is 11.6 Å². The van der Waals surface area contributed by atoms with Crippen LogP contribution in [0.2, 0.25) is 0 Å². The van der Waals surface area contributed by atoms with E-state index in [0.29, 0.717) is 13.1 Å². The number of benzene rings is 1. The van der Waals surface area contributed by atoms with E-state index in [0.717, 1.165) is 18.8 Å². The molecule has 2 aromatic rings. The van der Waals surface area contributed by atoms with Crippen molar-refractivity contribution in [2.75, 3.05) is 31.1 Å². The van der Waals surface area contributed by atoms with Gasteiger partial charge in [-0.05, 0) is 31.2 Å². The summed E-state index contributed by atoms with van der Waals surface area (Å²) in [6.45, 7) is 4.72. The van der Waals surface area contributed by atoms with Crippen LogP contribution in [-0.4, -0.2) is 42.0 Å². The van der Waals surface area contributed by atoms with Crippen molar-refractivity contribution in [1.82, 2.24) is 9.88 Å². The monoisotopic (exact) mass is 299 g/mol. The molecular weight excluding hydrogens is 281 g/mol. The van der Waals surface area contributed by atoms with Crippen LogP contribution in [0.25, 0.3) is 0 Å². The summed E-state index contributed by atoms with van der Waals surface area (Å²) in [5, 5.41) is 0. The van der Waals surface area contributed by atoms with E-state index in [9.17, 15) is 9.18 Å². The zero-order valence-corrected chi connectivity index (χ0v) is 12.5. The SMILES string of the molecule is Cc1ccc(N2CCN(C(=O)c3cccnc3F)CC2)cc1. The fourth-order valence-corrected chi connectivity index (χ4v) is 2.64. The summed E-state index contributed by atoms with van der Waals surface area (Å²) < 4.78 is 13.6. The third-order valence-electron chi connectivity index (χ3n) is 3.96. The molecule has 0 spiro atoms. The molecule has 0 radical (unpaired) electrons. The molecule has 1 saturated heterocycles. The number of hydrogen-bond donors (Lipinski definition) is 0. The Labute approximate surface area is 129 Å². The summed E-state index contributed by atoms with van der Waals surface area (Å²) in [7, 11) is 0. The zero-order chi connectivity index (χ0) is 15.5. The molecule has 114 valence electrons. The molecule has 1 aliphatic rings. The minimum absolute atomic E-state index is 0.0475. The van der Waals surface area contributed by atoms with Gasteiger partial charge in [0.15, 0.2) is 0 Å². The Balaban J connectivity index is 1.65. The molecule has 0 aliphatic carbocycles. The molecule has 0 atom stereocenters. The predicted octanol–water partition coefficient (Wildman–Crippen LogP) is 2.49. The highest BCUT2D eigenvalue weighted by molar-refractivity contribution is 5.94. The first-order valence-corrected chi connectivity index (χ1v) is 7.36. The maximum atomic E-state index is 13.6. The average molecular weight is 299 g/mol. The summed E-state index contributed by atoms with van der Waals surface area (Å²) >= 11 is 0. The van der Waals surface area contributed by atoms with Gasteiger partial charge in [-0.1, -0.05) is 17.7 Å². The van der Waals surface area contributed by atoms with Crippen molar-refractivity contribution in [3.05, 3.63) is 59.7 Å². The lowest BCUT2D eigenvalue weighted by atomic mass is 10.2. The van der Waals surface area contributed by atoms with Crippen LogP contribution >= 0.6 is 0 Å². The maximum Gasteiger partial charge on any atom is 0.258 e. The Morgan fingerprint density at radius 3 is 2.41 bits per heavy atom. The van der Waals surface area contributed by atoms with E-state index in [-0.39, 0.29) is 11.5 Å². The van der Waals surface area contributed by atoms with E-state index in [1.165, 1.54) is 17.8 Å². The van der Waals surface area contributed by atoms with Crippen molar-refractivity contribution in [2.45, 2.75) is 6.92 Å². The molecule has 0 bridgehead atoms. The minimum Gasteiger partial charge on any atom is -0.368 e. The minimum atomic E-state index is -0.700. The number of pyridine rings is 1. The number of amides is 1. The normalized spacial score (nSPS) is 15.0. The van der Waals surface area contributed by atoms with Gasteiger partial charge in [-0.15, -0.1) is 0 Å². The van der Waals surface area contributed by atoms with E-state index in [1.807, 2.05) is 0 Å². The molecule has 3 rings (SSSR count). The standard InChI is InChI=1S/C17H18FN3O/c1-13-4-6-14(7-5-13)20-9-11-21(12-10-20)17(22)15-3-2-8-19-16(15)18/h2-8H,9-12H2,1H3. The molecule has 1 aromatic carbocycles. The van der Waals surface area contributed by atoms with E-state index in [1.54, 1.807) is 11.0 Å². The Morgan fingerprint density at radius 2 is 1.77 bits per heavy atom. The Hall–Kier alpha value is -2.43. The summed E-state index contributed by atoms with van der Waals surface area (Å²) in [6.07, 6.45) is 1.35. The van der Waals surface area contributed by atoms with Crippen LogP contribution in [0.3, 0.4) is 0 Å². The third kappa shape index (κ3) is 2.93. The zero-order valence-electron chi connectivity index (χ0n) is 12.5. The predicted molar refractivity (Wildman–Crippen MR) is 83.5 cm³/mol. The van der Waals surface area contributed by atoms with Gasteiger partial charge < -0.3 is 9.80 Å². The van der Waals surface area contributed by atoms with Gasteiger partial charge in [0.05, 0.1) is 5.56 Å². The number of rotatable bonds is 2. The van der Waals surface area contributed by atoms with Gasteiger partial charge in [-0.2, -0.15) is 4.39 Å². The quantitative estimate of drug-likeness (QED) is 0.799. The van der Waals surface area contributed by atoms with Gasteiger partial charge in [-0.3, -0.25) is 4.79 Å². The van der Waals surface area contributed by atoms with Crippen LogP contribution in [0.1, 0.15) is 15.9 Å². The highest BCUT2D eigenvalue weighted by atomic mass is 19.1. The average Bonchev–Trinajstić information content (AvgIpc) is 2.56. The Bertz CT molecular complexity index is 664. The second-order valence-electron chi connectivity index (χ2n) is 5.46. The fourth-order valence-electron chi connectivity index (χ4n) is 2.64. The van der Waals surface area contributed by atoms with Crippen molar-refractivity contribution in [2.24, 2.45) is 0 Å². The van der Waals surface area contributed by atoms with Gasteiger partial charge >= 0.3 is 0 Å². The van der Waals surface area contributed by atoms with Crippen LogP contribution < -0.4 is 4.90 Å². The molecule has 0 saturated carbocycles. The van der Waals surface area contributed by atoms with Crippen molar-refractivity contribution < 1.29 is 9.18 Å². The smallest absolute Gasteiger partial charge is 0.258 e. The number of carbonyl (C=O) groups excluding carboxylic acids is 1.